The molecule has 2 aromatic rings. The summed E-state index contributed by atoms with van der Waals surface area (Å²) in [6.07, 6.45) is 0.497. The zero-order valence-electron chi connectivity index (χ0n) is 13.5. The molecule has 5 nitrogen and oxygen atoms in total. The number of hydrogen-bond donors (Lipinski definition) is 1. The molecule has 1 aliphatic rings. The van der Waals surface area contributed by atoms with E-state index in [-0.39, 0.29) is 18.1 Å². The number of anilines is 1. The average Bonchev–Trinajstić information content (AvgIpc) is 3.07. The van der Waals surface area contributed by atoms with Gasteiger partial charge in [-0.3, -0.25) is 15.0 Å². The van der Waals surface area contributed by atoms with Crippen molar-refractivity contribution in [2.45, 2.75) is 39.5 Å². The van der Waals surface area contributed by atoms with Gasteiger partial charge in [-0.2, -0.15) is 0 Å². The number of carbonyl (C=O) groups is 1. The van der Waals surface area contributed by atoms with E-state index >= 15 is 0 Å². The maximum absolute atomic E-state index is 12.2. The van der Waals surface area contributed by atoms with Crippen LogP contribution in [0.15, 0.2) is 17.5 Å². The summed E-state index contributed by atoms with van der Waals surface area (Å²) in [5.74, 6) is -0.0855. The molecule has 2 aromatic heterocycles. The summed E-state index contributed by atoms with van der Waals surface area (Å²) in [7, 11) is 0. The van der Waals surface area contributed by atoms with E-state index in [1.807, 2.05) is 24.4 Å². The first-order chi connectivity index (χ1) is 11.0. The minimum atomic E-state index is -0.0855. The van der Waals surface area contributed by atoms with E-state index < -0.39 is 0 Å². The molecule has 124 valence electrons. The Balaban J connectivity index is 1.58. The fraction of sp³-hybridized carbons (Fsp3) is 0.500. The molecule has 1 saturated heterocycles. The number of thiazole rings is 1. The Bertz CT molecular complexity index is 672. The molecule has 23 heavy (non-hydrogen) atoms. The number of rotatable bonds is 4. The van der Waals surface area contributed by atoms with Crippen LogP contribution in [0, 0.1) is 6.92 Å². The molecule has 3 rings (SSSR count). The second-order valence-electron chi connectivity index (χ2n) is 5.96. The van der Waals surface area contributed by atoms with Crippen LogP contribution in [0.1, 0.15) is 34.1 Å². The van der Waals surface area contributed by atoms with Gasteiger partial charge in [-0.15, -0.1) is 22.7 Å². The predicted octanol–water partition coefficient (Wildman–Crippen LogP) is 3.37. The van der Waals surface area contributed by atoms with Crippen molar-refractivity contribution in [3.63, 3.8) is 0 Å². The molecule has 1 aliphatic heterocycles. The number of carbonyl (C=O) groups excluding carboxylic acids is 1. The van der Waals surface area contributed by atoms with Gasteiger partial charge in [0.2, 0.25) is 0 Å². The van der Waals surface area contributed by atoms with Crippen molar-refractivity contribution < 1.29 is 9.53 Å². The van der Waals surface area contributed by atoms with Crippen molar-refractivity contribution in [3.8, 4) is 0 Å². The molecule has 0 bridgehead atoms. The SMILES string of the molecule is Cc1ccc(C(=O)Nc2nc(CN3CC(C)OC(C)C3)cs2)s1. The van der Waals surface area contributed by atoms with E-state index in [4.69, 9.17) is 4.74 Å². The number of aromatic nitrogens is 1. The second kappa shape index (κ2) is 7.09. The molecule has 7 heteroatoms. The quantitative estimate of drug-likeness (QED) is 0.917. The van der Waals surface area contributed by atoms with Crippen LogP contribution < -0.4 is 5.32 Å². The molecule has 0 saturated carbocycles. The van der Waals surface area contributed by atoms with Crippen molar-refractivity contribution in [2.24, 2.45) is 0 Å². The summed E-state index contributed by atoms with van der Waals surface area (Å²) < 4.78 is 5.75. The third-order valence-corrected chi connectivity index (χ3v) is 5.42. The fourth-order valence-electron chi connectivity index (χ4n) is 2.79. The molecule has 3 heterocycles. The Kier molecular flexibility index (Phi) is 5.11. The van der Waals surface area contributed by atoms with Crippen LogP contribution in [-0.2, 0) is 11.3 Å². The van der Waals surface area contributed by atoms with E-state index in [2.05, 4.69) is 29.0 Å². The second-order valence-corrected chi connectivity index (χ2v) is 8.11. The van der Waals surface area contributed by atoms with Crippen LogP contribution in [-0.4, -0.2) is 41.1 Å². The number of morpholine rings is 1. The first-order valence-electron chi connectivity index (χ1n) is 7.69. The van der Waals surface area contributed by atoms with Crippen molar-refractivity contribution in [3.05, 3.63) is 33.0 Å². The first-order valence-corrected chi connectivity index (χ1v) is 9.39. The molecule has 1 fully saturated rings. The van der Waals surface area contributed by atoms with Crippen molar-refractivity contribution in [1.29, 1.82) is 0 Å². The molecular weight excluding hydrogens is 330 g/mol. The minimum absolute atomic E-state index is 0.0855. The Morgan fingerprint density at radius 2 is 2.13 bits per heavy atom. The lowest BCUT2D eigenvalue weighted by molar-refractivity contribution is -0.0707. The minimum Gasteiger partial charge on any atom is -0.373 e. The highest BCUT2D eigenvalue weighted by Gasteiger charge is 2.22. The Morgan fingerprint density at radius 3 is 2.78 bits per heavy atom. The lowest BCUT2D eigenvalue weighted by Crippen LogP contribution is -2.44. The highest BCUT2D eigenvalue weighted by molar-refractivity contribution is 7.15. The van der Waals surface area contributed by atoms with E-state index in [1.165, 1.54) is 22.7 Å². The third-order valence-electron chi connectivity index (χ3n) is 3.62. The highest BCUT2D eigenvalue weighted by Crippen LogP contribution is 2.21. The zero-order valence-corrected chi connectivity index (χ0v) is 15.2. The van der Waals surface area contributed by atoms with Gasteiger partial charge in [0.05, 0.1) is 22.8 Å². The van der Waals surface area contributed by atoms with E-state index in [9.17, 15) is 4.79 Å². The average molecular weight is 351 g/mol. The molecule has 0 radical (unpaired) electrons. The summed E-state index contributed by atoms with van der Waals surface area (Å²) in [6, 6.07) is 3.80. The molecule has 0 spiro atoms. The van der Waals surface area contributed by atoms with Gasteiger partial charge in [0.15, 0.2) is 5.13 Å². The molecule has 0 aliphatic carbocycles. The Labute approximate surface area is 144 Å². The number of ether oxygens (including phenoxy) is 1. The van der Waals surface area contributed by atoms with Crippen LogP contribution in [0.3, 0.4) is 0 Å². The molecule has 1 N–H and O–H groups in total. The summed E-state index contributed by atoms with van der Waals surface area (Å²) in [6.45, 7) is 8.81. The summed E-state index contributed by atoms with van der Waals surface area (Å²) >= 11 is 2.97. The lowest BCUT2D eigenvalue weighted by Gasteiger charge is -2.34. The monoisotopic (exact) mass is 351 g/mol. The van der Waals surface area contributed by atoms with Crippen LogP contribution in [0.25, 0.3) is 0 Å². The number of aryl methyl sites for hydroxylation is 1. The highest BCUT2D eigenvalue weighted by atomic mass is 32.1. The topological polar surface area (TPSA) is 54.5 Å². The summed E-state index contributed by atoms with van der Waals surface area (Å²) in [4.78, 5) is 20.9. The first kappa shape index (κ1) is 16.6. The van der Waals surface area contributed by atoms with Crippen LogP contribution in [0.5, 0.6) is 0 Å². The molecule has 1 amide bonds. The normalized spacial score (nSPS) is 22.2. The number of amides is 1. The van der Waals surface area contributed by atoms with Crippen molar-refractivity contribution in [2.75, 3.05) is 18.4 Å². The maximum Gasteiger partial charge on any atom is 0.267 e. The van der Waals surface area contributed by atoms with Crippen LogP contribution in [0.2, 0.25) is 0 Å². The summed E-state index contributed by atoms with van der Waals surface area (Å²) in [5.41, 5.74) is 0.994. The van der Waals surface area contributed by atoms with Crippen molar-refractivity contribution >= 4 is 33.7 Å². The molecular formula is C16H21N3O2S2. The third kappa shape index (κ3) is 4.38. The molecule has 0 aromatic carbocycles. The van der Waals surface area contributed by atoms with Gasteiger partial charge in [0, 0.05) is 29.9 Å². The van der Waals surface area contributed by atoms with E-state index in [1.54, 1.807) is 0 Å². The maximum atomic E-state index is 12.2. The Morgan fingerprint density at radius 1 is 1.39 bits per heavy atom. The van der Waals surface area contributed by atoms with Crippen molar-refractivity contribution in [1.82, 2.24) is 9.88 Å². The van der Waals surface area contributed by atoms with Gasteiger partial charge in [-0.25, -0.2) is 4.98 Å². The van der Waals surface area contributed by atoms with Gasteiger partial charge >= 0.3 is 0 Å². The van der Waals surface area contributed by atoms with Gasteiger partial charge < -0.3 is 4.74 Å². The molecule has 2 atom stereocenters. The van der Waals surface area contributed by atoms with Gasteiger partial charge in [-0.1, -0.05) is 0 Å². The van der Waals surface area contributed by atoms with Gasteiger partial charge in [0.1, 0.15) is 0 Å². The largest absolute Gasteiger partial charge is 0.373 e. The number of thiophene rings is 1. The van der Waals surface area contributed by atoms with Gasteiger partial charge in [-0.05, 0) is 32.9 Å². The number of hydrogen-bond acceptors (Lipinski definition) is 6. The van der Waals surface area contributed by atoms with E-state index in [0.29, 0.717) is 5.13 Å². The molecule has 2 unspecified atom stereocenters. The smallest absolute Gasteiger partial charge is 0.267 e. The number of nitrogens with one attached hydrogen (secondary N) is 1. The number of nitrogens with zero attached hydrogens (tertiary/aromatic N) is 2. The standard InChI is InChI=1S/C16H21N3O2S2/c1-10-6-19(7-11(2)21-10)8-13-9-22-16(17-13)18-15(20)14-5-4-12(3)23-14/h4-5,9-11H,6-8H2,1-3H3,(H,17,18,20). The van der Waals surface area contributed by atoms with Gasteiger partial charge in [0.25, 0.3) is 5.91 Å². The Hall–Kier alpha value is -1.28. The predicted molar refractivity (Wildman–Crippen MR) is 94.4 cm³/mol. The van der Waals surface area contributed by atoms with E-state index in [0.717, 1.165) is 35.1 Å². The van der Waals surface area contributed by atoms with Crippen LogP contribution >= 0.6 is 22.7 Å². The summed E-state index contributed by atoms with van der Waals surface area (Å²) in [5, 5.41) is 5.55. The van der Waals surface area contributed by atoms with Crippen LogP contribution in [0.4, 0.5) is 5.13 Å². The fourth-order valence-corrected chi connectivity index (χ4v) is 4.25. The lowest BCUT2D eigenvalue weighted by atomic mass is 10.2. The zero-order chi connectivity index (χ0) is 16.4.